The molecule has 0 spiro atoms. The summed E-state index contributed by atoms with van der Waals surface area (Å²) in [4.78, 5) is 14.3. The van der Waals surface area contributed by atoms with E-state index in [4.69, 9.17) is 4.74 Å². The largest absolute Gasteiger partial charge is 0.378 e. The molecule has 1 aliphatic heterocycles. The fraction of sp³-hybridized carbons (Fsp3) is 0.562. The second-order valence-corrected chi connectivity index (χ2v) is 7.56. The Balaban J connectivity index is 1.83. The first-order valence-corrected chi connectivity index (χ1v) is 9.75. The topological polar surface area (TPSA) is 75.7 Å². The Labute approximate surface area is 137 Å². The number of unbranched alkanes of at least 4 members (excludes halogenated alkanes) is 1. The molecular weight excluding hydrogens is 316 g/mol. The Bertz CT molecular complexity index is 625. The molecule has 128 valence electrons. The number of sulfonamides is 1. The van der Waals surface area contributed by atoms with Crippen LogP contribution in [0.3, 0.4) is 0 Å². The molecule has 1 saturated heterocycles. The molecule has 1 heterocycles. The number of ether oxygens (including phenoxy) is 1. The number of hydrogen-bond acceptors (Lipinski definition) is 4. The lowest BCUT2D eigenvalue weighted by molar-refractivity contribution is 0.0303. The van der Waals surface area contributed by atoms with Gasteiger partial charge in [-0.05, 0) is 37.0 Å². The summed E-state index contributed by atoms with van der Waals surface area (Å²) in [5.74, 6) is 0.0499. The van der Waals surface area contributed by atoms with E-state index in [0.717, 1.165) is 31.1 Å². The van der Waals surface area contributed by atoms with Crippen molar-refractivity contribution in [2.45, 2.75) is 19.3 Å². The van der Waals surface area contributed by atoms with Gasteiger partial charge >= 0.3 is 0 Å². The van der Waals surface area contributed by atoms with Crippen LogP contribution < -0.4 is 4.72 Å². The van der Waals surface area contributed by atoms with Crippen molar-refractivity contribution in [3.63, 3.8) is 0 Å². The number of rotatable bonds is 7. The summed E-state index contributed by atoms with van der Waals surface area (Å²) >= 11 is 0. The van der Waals surface area contributed by atoms with Crippen LogP contribution in [0.1, 0.15) is 28.8 Å². The van der Waals surface area contributed by atoms with E-state index in [2.05, 4.69) is 4.72 Å². The molecule has 23 heavy (non-hydrogen) atoms. The molecule has 0 saturated carbocycles. The van der Waals surface area contributed by atoms with Gasteiger partial charge in [0.25, 0.3) is 5.91 Å². The first-order valence-electron chi connectivity index (χ1n) is 7.86. The van der Waals surface area contributed by atoms with Crippen LogP contribution in [0.2, 0.25) is 0 Å². The van der Waals surface area contributed by atoms with Crippen LogP contribution in [-0.4, -0.2) is 58.3 Å². The average Bonchev–Trinajstić information content (AvgIpc) is 2.54. The predicted octanol–water partition coefficient (Wildman–Crippen LogP) is 1.03. The van der Waals surface area contributed by atoms with E-state index < -0.39 is 10.0 Å². The van der Waals surface area contributed by atoms with Crippen molar-refractivity contribution in [1.82, 2.24) is 9.62 Å². The van der Waals surface area contributed by atoms with E-state index in [0.29, 0.717) is 38.4 Å². The Hall–Kier alpha value is -1.44. The van der Waals surface area contributed by atoms with Crippen molar-refractivity contribution in [3.05, 3.63) is 35.4 Å². The van der Waals surface area contributed by atoms with Crippen molar-refractivity contribution in [2.24, 2.45) is 0 Å². The van der Waals surface area contributed by atoms with Gasteiger partial charge in [0.1, 0.15) is 0 Å². The molecule has 0 bridgehead atoms. The molecule has 0 aliphatic carbocycles. The molecule has 1 amide bonds. The van der Waals surface area contributed by atoms with E-state index in [-0.39, 0.29) is 5.91 Å². The molecule has 0 aromatic heterocycles. The molecular formula is C16H24N2O4S. The van der Waals surface area contributed by atoms with Gasteiger partial charge in [-0.15, -0.1) is 0 Å². The van der Waals surface area contributed by atoms with Crippen molar-refractivity contribution in [2.75, 3.05) is 39.1 Å². The van der Waals surface area contributed by atoms with Crippen LogP contribution >= 0.6 is 0 Å². The molecule has 1 fully saturated rings. The maximum atomic E-state index is 12.4. The van der Waals surface area contributed by atoms with Crippen LogP contribution in [0.15, 0.2) is 24.3 Å². The molecule has 6 nitrogen and oxygen atoms in total. The van der Waals surface area contributed by atoms with Gasteiger partial charge in [0.05, 0.1) is 19.5 Å². The van der Waals surface area contributed by atoms with E-state index in [9.17, 15) is 13.2 Å². The number of carbonyl (C=O) groups is 1. The zero-order chi connectivity index (χ0) is 16.7. The van der Waals surface area contributed by atoms with Gasteiger partial charge in [0, 0.05) is 25.2 Å². The Morgan fingerprint density at radius 3 is 2.70 bits per heavy atom. The Morgan fingerprint density at radius 1 is 1.26 bits per heavy atom. The summed E-state index contributed by atoms with van der Waals surface area (Å²) in [6.45, 7) is 2.92. The van der Waals surface area contributed by atoms with Gasteiger partial charge < -0.3 is 9.64 Å². The number of benzene rings is 1. The molecule has 1 aromatic carbocycles. The highest BCUT2D eigenvalue weighted by atomic mass is 32.2. The van der Waals surface area contributed by atoms with Crippen molar-refractivity contribution in [1.29, 1.82) is 0 Å². The number of aryl methyl sites for hydroxylation is 1. The van der Waals surface area contributed by atoms with Crippen LogP contribution in [0.5, 0.6) is 0 Å². The minimum Gasteiger partial charge on any atom is -0.378 e. The molecule has 0 atom stereocenters. The Kier molecular flexibility index (Phi) is 6.56. The van der Waals surface area contributed by atoms with Crippen LogP contribution in [-0.2, 0) is 21.2 Å². The first kappa shape index (κ1) is 17.9. The lowest BCUT2D eigenvalue weighted by atomic mass is 10.0. The summed E-state index contributed by atoms with van der Waals surface area (Å²) in [5.41, 5.74) is 1.81. The van der Waals surface area contributed by atoms with Crippen molar-refractivity contribution in [3.8, 4) is 0 Å². The lowest BCUT2D eigenvalue weighted by Crippen LogP contribution is -2.40. The third-order valence-corrected chi connectivity index (χ3v) is 4.46. The summed E-state index contributed by atoms with van der Waals surface area (Å²) in [6.07, 6.45) is 3.63. The molecule has 7 heteroatoms. The minimum absolute atomic E-state index is 0.0499. The summed E-state index contributed by atoms with van der Waals surface area (Å²) in [5, 5.41) is 0. The van der Waals surface area contributed by atoms with E-state index in [1.807, 2.05) is 29.2 Å². The van der Waals surface area contributed by atoms with Crippen LogP contribution in [0.4, 0.5) is 0 Å². The monoisotopic (exact) mass is 340 g/mol. The average molecular weight is 340 g/mol. The third-order valence-electron chi connectivity index (χ3n) is 3.73. The van der Waals surface area contributed by atoms with Gasteiger partial charge in [-0.25, -0.2) is 13.1 Å². The Morgan fingerprint density at radius 2 is 2.00 bits per heavy atom. The second-order valence-electron chi connectivity index (χ2n) is 5.73. The summed E-state index contributed by atoms with van der Waals surface area (Å²) < 4.78 is 29.7. The summed E-state index contributed by atoms with van der Waals surface area (Å²) in [7, 11) is -3.11. The zero-order valence-electron chi connectivity index (χ0n) is 13.5. The number of hydrogen-bond donors (Lipinski definition) is 1. The van der Waals surface area contributed by atoms with Crippen LogP contribution in [0.25, 0.3) is 0 Å². The lowest BCUT2D eigenvalue weighted by Gasteiger charge is -2.27. The SMILES string of the molecule is CS(=O)(=O)NCCCCc1cccc(C(=O)N2CCOCC2)c1. The van der Waals surface area contributed by atoms with E-state index in [1.54, 1.807) is 0 Å². The molecule has 0 radical (unpaired) electrons. The van der Waals surface area contributed by atoms with E-state index >= 15 is 0 Å². The molecule has 1 aromatic rings. The molecule has 1 aliphatic rings. The van der Waals surface area contributed by atoms with Crippen molar-refractivity contribution >= 4 is 15.9 Å². The zero-order valence-corrected chi connectivity index (χ0v) is 14.3. The summed E-state index contributed by atoms with van der Waals surface area (Å²) in [6, 6.07) is 7.67. The van der Waals surface area contributed by atoms with Gasteiger partial charge in [0.15, 0.2) is 0 Å². The van der Waals surface area contributed by atoms with Gasteiger partial charge in [-0.3, -0.25) is 4.79 Å². The molecule has 0 unspecified atom stereocenters. The molecule has 2 rings (SSSR count). The van der Waals surface area contributed by atoms with Gasteiger partial charge in [-0.1, -0.05) is 12.1 Å². The quantitative estimate of drug-likeness (QED) is 0.752. The number of nitrogens with zero attached hydrogens (tertiary/aromatic N) is 1. The maximum Gasteiger partial charge on any atom is 0.254 e. The highest BCUT2D eigenvalue weighted by Crippen LogP contribution is 2.12. The fourth-order valence-electron chi connectivity index (χ4n) is 2.52. The first-order chi connectivity index (χ1) is 11.0. The van der Waals surface area contributed by atoms with E-state index in [1.165, 1.54) is 0 Å². The van der Waals surface area contributed by atoms with Gasteiger partial charge in [0.2, 0.25) is 10.0 Å². The number of morpholine rings is 1. The number of amides is 1. The van der Waals surface area contributed by atoms with Gasteiger partial charge in [-0.2, -0.15) is 0 Å². The minimum atomic E-state index is -3.11. The fourth-order valence-corrected chi connectivity index (χ4v) is 3.04. The normalized spacial score (nSPS) is 15.6. The second kappa shape index (κ2) is 8.42. The number of carbonyl (C=O) groups excluding carboxylic acids is 1. The smallest absolute Gasteiger partial charge is 0.254 e. The third kappa shape index (κ3) is 6.29. The standard InChI is InChI=1S/C16H24N2O4S/c1-23(20,21)17-8-3-2-5-14-6-4-7-15(13-14)16(19)18-9-11-22-12-10-18/h4,6-7,13,17H,2-3,5,8-12H2,1H3. The highest BCUT2D eigenvalue weighted by molar-refractivity contribution is 7.88. The number of nitrogens with one attached hydrogen (secondary N) is 1. The molecule has 1 N–H and O–H groups in total. The predicted molar refractivity (Wildman–Crippen MR) is 88.9 cm³/mol. The van der Waals surface area contributed by atoms with Crippen molar-refractivity contribution < 1.29 is 17.9 Å². The van der Waals surface area contributed by atoms with Crippen LogP contribution in [0, 0.1) is 0 Å². The maximum absolute atomic E-state index is 12.4. The highest BCUT2D eigenvalue weighted by Gasteiger charge is 2.18.